The van der Waals surface area contributed by atoms with Gasteiger partial charge in [-0.1, -0.05) is 0 Å². The van der Waals surface area contributed by atoms with Crippen molar-refractivity contribution in [3.05, 3.63) is 48.7 Å². The Bertz CT molecular complexity index is 688. The molecule has 2 fully saturated rings. The largest absolute Gasteiger partial charge is 0.486 e. The Labute approximate surface area is 140 Å². The minimum Gasteiger partial charge on any atom is -0.486 e. The number of carbonyl (C=O) groups excluding carboxylic acids is 1. The second kappa shape index (κ2) is 6.28. The quantitative estimate of drug-likeness (QED) is 0.859. The highest BCUT2D eigenvalue weighted by Gasteiger charge is 2.47. The highest BCUT2D eigenvalue weighted by molar-refractivity contribution is 5.78. The van der Waals surface area contributed by atoms with Gasteiger partial charge in [0.2, 0.25) is 5.91 Å². The van der Waals surface area contributed by atoms with Gasteiger partial charge in [0.15, 0.2) is 0 Å². The average Bonchev–Trinajstić information content (AvgIpc) is 3.32. The standard InChI is InChI=1S/C18H20N2O4/c21-17(9-14-4-2-8-22-14)20-7-5-18(13-20)10-16(12-23-18)24-15-3-1-6-19-11-15/h1-4,6,8,11,16H,5,7,9-10,12-13H2/t16-,18-/m0/s1. The molecule has 2 atom stereocenters. The van der Waals surface area contributed by atoms with Crippen molar-refractivity contribution in [1.82, 2.24) is 9.88 Å². The predicted molar refractivity (Wildman–Crippen MR) is 85.6 cm³/mol. The fraction of sp³-hybridized carbons (Fsp3) is 0.444. The Morgan fingerprint density at radius 3 is 3.17 bits per heavy atom. The van der Waals surface area contributed by atoms with E-state index in [9.17, 15) is 4.79 Å². The van der Waals surface area contributed by atoms with E-state index in [0.717, 1.165) is 25.1 Å². The number of hydrogen-bond donors (Lipinski definition) is 0. The first-order valence-electron chi connectivity index (χ1n) is 8.23. The summed E-state index contributed by atoms with van der Waals surface area (Å²) < 4.78 is 17.2. The monoisotopic (exact) mass is 328 g/mol. The third-order valence-corrected chi connectivity index (χ3v) is 4.69. The molecule has 1 amide bonds. The van der Waals surface area contributed by atoms with Crippen LogP contribution in [0.15, 0.2) is 47.3 Å². The van der Waals surface area contributed by atoms with Gasteiger partial charge in [-0.2, -0.15) is 0 Å². The predicted octanol–water partition coefficient (Wildman–Crippen LogP) is 2.06. The highest BCUT2D eigenvalue weighted by Crippen LogP contribution is 2.36. The summed E-state index contributed by atoms with van der Waals surface area (Å²) in [5, 5.41) is 0. The molecule has 4 heterocycles. The number of hydrogen-bond acceptors (Lipinski definition) is 5. The van der Waals surface area contributed by atoms with Crippen molar-refractivity contribution in [3.8, 4) is 5.75 Å². The van der Waals surface area contributed by atoms with Crippen LogP contribution in [0.5, 0.6) is 5.75 Å². The molecule has 0 unspecified atom stereocenters. The SMILES string of the molecule is O=C(Cc1ccco1)N1CC[C@]2(C[C@H](Oc3cccnc3)CO2)C1. The van der Waals surface area contributed by atoms with Crippen LogP contribution in [-0.4, -0.2) is 47.2 Å². The molecule has 1 spiro atoms. The molecular formula is C18H20N2O4. The molecule has 0 bridgehead atoms. The highest BCUT2D eigenvalue weighted by atomic mass is 16.6. The van der Waals surface area contributed by atoms with Crippen LogP contribution in [0.25, 0.3) is 0 Å². The third kappa shape index (κ3) is 3.14. The van der Waals surface area contributed by atoms with Gasteiger partial charge in [0.1, 0.15) is 17.6 Å². The summed E-state index contributed by atoms with van der Waals surface area (Å²) in [6.07, 6.45) is 6.98. The number of carbonyl (C=O) groups is 1. The summed E-state index contributed by atoms with van der Waals surface area (Å²) in [5.74, 6) is 1.54. The van der Waals surface area contributed by atoms with Crippen molar-refractivity contribution in [2.45, 2.75) is 31.0 Å². The lowest BCUT2D eigenvalue weighted by molar-refractivity contribution is -0.130. The molecule has 6 nitrogen and oxygen atoms in total. The molecule has 2 aliphatic rings. The van der Waals surface area contributed by atoms with E-state index in [4.69, 9.17) is 13.9 Å². The molecule has 4 rings (SSSR count). The summed E-state index contributed by atoms with van der Waals surface area (Å²) in [4.78, 5) is 18.3. The van der Waals surface area contributed by atoms with Crippen molar-refractivity contribution < 1.29 is 18.7 Å². The van der Waals surface area contributed by atoms with Gasteiger partial charge < -0.3 is 18.8 Å². The molecule has 126 valence electrons. The molecule has 2 aromatic rings. The zero-order chi connectivity index (χ0) is 16.4. The van der Waals surface area contributed by atoms with Crippen molar-refractivity contribution in [1.29, 1.82) is 0 Å². The number of rotatable bonds is 4. The molecule has 0 radical (unpaired) electrons. The zero-order valence-corrected chi connectivity index (χ0v) is 13.4. The smallest absolute Gasteiger partial charge is 0.230 e. The fourth-order valence-corrected chi connectivity index (χ4v) is 3.50. The van der Waals surface area contributed by atoms with E-state index < -0.39 is 0 Å². The van der Waals surface area contributed by atoms with Crippen molar-refractivity contribution in [2.24, 2.45) is 0 Å². The molecule has 6 heteroatoms. The molecule has 0 aliphatic carbocycles. The van der Waals surface area contributed by atoms with Gasteiger partial charge in [0.05, 0.1) is 31.1 Å². The Balaban J connectivity index is 1.33. The second-order valence-corrected chi connectivity index (χ2v) is 6.45. The third-order valence-electron chi connectivity index (χ3n) is 4.69. The van der Waals surface area contributed by atoms with E-state index >= 15 is 0 Å². The molecule has 0 N–H and O–H groups in total. The Morgan fingerprint density at radius 1 is 1.42 bits per heavy atom. The Morgan fingerprint density at radius 2 is 2.38 bits per heavy atom. The first kappa shape index (κ1) is 15.2. The lowest BCUT2D eigenvalue weighted by Gasteiger charge is -2.23. The molecule has 2 saturated heterocycles. The van der Waals surface area contributed by atoms with Crippen molar-refractivity contribution in [2.75, 3.05) is 19.7 Å². The van der Waals surface area contributed by atoms with E-state index in [-0.39, 0.29) is 17.6 Å². The second-order valence-electron chi connectivity index (χ2n) is 6.45. The topological polar surface area (TPSA) is 64.8 Å². The minimum absolute atomic E-state index is 0.00863. The Hall–Kier alpha value is -2.34. The van der Waals surface area contributed by atoms with Gasteiger partial charge in [-0.05, 0) is 30.7 Å². The van der Waals surface area contributed by atoms with Crippen LogP contribution in [0.1, 0.15) is 18.6 Å². The van der Waals surface area contributed by atoms with Gasteiger partial charge in [0, 0.05) is 25.7 Å². The van der Waals surface area contributed by atoms with Crippen LogP contribution in [0, 0.1) is 0 Å². The molecular weight excluding hydrogens is 308 g/mol. The average molecular weight is 328 g/mol. The van der Waals surface area contributed by atoms with Crippen LogP contribution < -0.4 is 4.74 Å². The molecule has 24 heavy (non-hydrogen) atoms. The van der Waals surface area contributed by atoms with E-state index in [0.29, 0.717) is 25.3 Å². The zero-order valence-electron chi connectivity index (χ0n) is 13.4. The van der Waals surface area contributed by atoms with E-state index in [1.54, 1.807) is 24.7 Å². The van der Waals surface area contributed by atoms with Crippen LogP contribution in [0.2, 0.25) is 0 Å². The molecule has 2 aromatic heterocycles. The number of furan rings is 1. The van der Waals surface area contributed by atoms with Crippen molar-refractivity contribution >= 4 is 5.91 Å². The van der Waals surface area contributed by atoms with E-state index in [1.807, 2.05) is 23.1 Å². The summed E-state index contributed by atoms with van der Waals surface area (Å²) in [5.41, 5.74) is -0.272. The summed E-state index contributed by atoms with van der Waals surface area (Å²) in [6, 6.07) is 7.37. The lowest BCUT2D eigenvalue weighted by Crippen LogP contribution is -2.36. The summed E-state index contributed by atoms with van der Waals surface area (Å²) in [7, 11) is 0. The van der Waals surface area contributed by atoms with Gasteiger partial charge in [-0.15, -0.1) is 0 Å². The van der Waals surface area contributed by atoms with Gasteiger partial charge in [0.25, 0.3) is 0 Å². The number of aromatic nitrogens is 1. The maximum Gasteiger partial charge on any atom is 0.230 e. The van der Waals surface area contributed by atoms with Gasteiger partial charge in [-0.25, -0.2) is 0 Å². The molecule has 2 aliphatic heterocycles. The number of pyridine rings is 1. The first-order chi connectivity index (χ1) is 11.7. The summed E-state index contributed by atoms with van der Waals surface area (Å²) >= 11 is 0. The number of likely N-dealkylation sites (tertiary alicyclic amines) is 1. The van der Waals surface area contributed by atoms with Crippen LogP contribution in [0.4, 0.5) is 0 Å². The van der Waals surface area contributed by atoms with Gasteiger partial charge in [-0.3, -0.25) is 9.78 Å². The number of amides is 1. The van der Waals surface area contributed by atoms with Crippen LogP contribution >= 0.6 is 0 Å². The van der Waals surface area contributed by atoms with Crippen molar-refractivity contribution in [3.63, 3.8) is 0 Å². The normalized spacial score (nSPS) is 26.2. The van der Waals surface area contributed by atoms with E-state index in [2.05, 4.69) is 4.98 Å². The number of ether oxygens (including phenoxy) is 2. The van der Waals surface area contributed by atoms with Crippen LogP contribution in [-0.2, 0) is 16.0 Å². The molecule has 0 saturated carbocycles. The van der Waals surface area contributed by atoms with Gasteiger partial charge >= 0.3 is 0 Å². The first-order valence-corrected chi connectivity index (χ1v) is 8.23. The lowest BCUT2D eigenvalue weighted by atomic mass is 9.98. The number of nitrogens with zero attached hydrogens (tertiary/aromatic N) is 2. The van der Waals surface area contributed by atoms with E-state index in [1.165, 1.54) is 0 Å². The Kier molecular flexibility index (Phi) is 3.98. The summed E-state index contributed by atoms with van der Waals surface area (Å²) in [6.45, 7) is 1.90. The molecule has 0 aromatic carbocycles. The maximum atomic E-state index is 12.4. The fourth-order valence-electron chi connectivity index (χ4n) is 3.50. The van der Waals surface area contributed by atoms with Crippen LogP contribution in [0.3, 0.4) is 0 Å². The minimum atomic E-state index is -0.272. The maximum absolute atomic E-state index is 12.4.